The van der Waals surface area contributed by atoms with Gasteiger partial charge in [0.2, 0.25) is 18.6 Å². The SMILES string of the molecule is O=C(Nc1ccc2c(c1)OCO2)C1CC12CCN(C(=O)C1CC(c3ccccc3)NN1)CC2. The second-order valence-corrected chi connectivity index (χ2v) is 9.54. The van der Waals surface area contributed by atoms with Gasteiger partial charge in [0.1, 0.15) is 6.04 Å². The van der Waals surface area contributed by atoms with Crippen molar-refractivity contribution in [3.8, 4) is 11.5 Å². The summed E-state index contributed by atoms with van der Waals surface area (Å²) in [6.45, 7) is 1.63. The summed E-state index contributed by atoms with van der Waals surface area (Å²) in [4.78, 5) is 27.9. The molecular weight excluding hydrogens is 420 g/mol. The number of nitrogens with zero attached hydrogens (tertiary/aromatic N) is 1. The number of likely N-dealkylation sites (tertiary alicyclic amines) is 1. The molecule has 33 heavy (non-hydrogen) atoms. The van der Waals surface area contributed by atoms with E-state index in [1.54, 1.807) is 0 Å². The van der Waals surface area contributed by atoms with Gasteiger partial charge in [-0.3, -0.25) is 9.59 Å². The number of hydrazine groups is 1. The number of carbonyl (C=O) groups is 2. The first kappa shape index (κ1) is 20.5. The zero-order valence-electron chi connectivity index (χ0n) is 18.4. The first-order valence-electron chi connectivity index (χ1n) is 11.7. The van der Waals surface area contributed by atoms with Gasteiger partial charge in [0, 0.05) is 36.8 Å². The molecule has 3 aliphatic heterocycles. The lowest BCUT2D eigenvalue weighted by molar-refractivity contribution is -0.134. The first-order chi connectivity index (χ1) is 16.1. The summed E-state index contributed by atoms with van der Waals surface area (Å²) in [5.41, 5.74) is 8.40. The van der Waals surface area contributed by atoms with Crippen molar-refractivity contribution in [1.82, 2.24) is 15.8 Å². The van der Waals surface area contributed by atoms with E-state index in [4.69, 9.17) is 9.47 Å². The molecule has 3 N–H and O–H groups in total. The highest BCUT2D eigenvalue weighted by Gasteiger charge is 2.59. The van der Waals surface area contributed by atoms with E-state index >= 15 is 0 Å². The number of hydrogen-bond acceptors (Lipinski definition) is 6. The maximum absolute atomic E-state index is 13.1. The molecule has 2 saturated heterocycles. The van der Waals surface area contributed by atoms with Gasteiger partial charge in [-0.25, -0.2) is 10.9 Å². The number of fused-ring (bicyclic) bond motifs is 1. The van der Waals surface area contributed by atoms with E-state index in [9.17, 15) is 9.59 Å². The van der Waals surface area contributed by atoms with Crippen LogP contribution in [-0.2, 0) is 9.59 Å². The molecule has 0 radical (unpaired) electrons. The van der Waals surface area contributed by atoms with E-state index in [1.807, 2.05) is 41.3 Å². The van der Waals surface area contributed by atoms with Crippen molar-refractivity contribution in [1.29, 1.82) is 0 Å². The Kier molecular flexibility index (Phi) is 4.99. The quantitative estimate of drug-likeness (QED) is 0.666. The lowest BCUT2D eigenvalue weighted by Crippen LogP contribution is -2.49. The van der Waals surface area contributed by atoms with Crippen molar-refractivity contribution in [2.75, 3.05) is 25.2 Å². The van der Waals surface area contributed by atoms with Gasteiger partial charge >= 0.3 is 0 Å². The Morgan fingerprint density at radius 1 is 1.00 bits per heavy atom. The van der Waals surface area contributed by atoms with E-state index in [0.717, 1.165) is 31.4 Å². The van der Waals surface area contributed by atoms with Crippen LogP contribution >= 0.6 is 0 Å². The second-order valence-electron chi connectivity index (χ2n) is 9.54. The number of anilines is 1. The number of carbonyl (C=O) groups excluding carboxylic acids is 2. The predicted octanol–water partition coefficient (Wildman–Crippen LogP) is 2.59. The molecule has 3 heterocycles. The van der Waals surface area contributed by atoms with Gasteiger partial charge in [-0.1, -0.05) is 30.3 Å². The predicted molar refractivity (Wildman–Crippen MR) is 121 cm³/mol. The van der Waals surface area contributed by atoms with Gasteiger partial charge in [-0.05, 0) is 48.8 Å². The Hall–Kier alpha value is -3.10. The van der Waals surface area contributed by atoms with Crippen LogP contribution in [0.4, 0.5) is 5.69 Å². The summed E-state index contributed by atoms with van der Waals surface area (Å²) in [5, 5.41) is 3.03. The minimum Gasteiger partial charge on any atom is -0.454 e. The normalized spacial score (nSPS) is 26.9. The molecule has 0 bridgehead atoms. The van der Waals surface area contributed by atoms with Crippen LogP contribution in [0.5, 0.6) is 11.5 Å². The molecule has 3 fully saturated rings. The van der Waals surface area contributed by atoms with E-state index in [2.05, 4.69) is 28.3 Å². The fraction of sp³-hybridized carbons (Fsp3) is 0.440. The molecule has 172 valence electrons. The molecule has 4 aliphatic rings. The molecule has 3 atom stereocenters. The molecule has 1 aliphatic carbocycles. The van der Waals surface area contributed by atoms with Crippen LogP contribution in [0.1, 0.15) is 37.3 Å². The molecule has 2 aromatic rings. The summed E-state index contributed by atoms with van der Waals surface area (Å²) < 4.78 is 10.7. The Morgan fingerprint density at radius 3 is 2.61 bits per heavy atom. The van der Waals surface area contributed by atoms with Crippen LogP contribution in [0.2, 0.25) is 0 Å². The van der Waals surface area contributed by atoms with Crippen molar-refractivity contribution in [3.05, 3.63) is 54.1 Å². The van der Waals surface area contributed by atoms with Crippen LogP contribution in [0, 0.1) is 11.3 Å². The second kappa shape index (κ2) is 8.04. The molecule has 2 amide bonds. The van der Waals surface area contributed by atoms with Gasteiger partial charge < -0.3 is 19.7 Å². The first-order valence-corrected chi connectivity index (χ1v) is 11.7. The number of hydrogen-bond donors (Lipinski definition) is 3. The molecule has 2 aromatic carbocycles. The molecule has 6 rings (SSSR count). The van der Waals surface area contributed by atoms with Crippen molar-refractivity contribution in [2.24, 2.45) is 11.3 Å². The fourth-order valence-electron chi connectivity index (χ4n) is 5.49. The maximum atomic E-state index is 13.1. The summed E-state index contributed by atoms with van der Waals surface area (Å²) in [6, 6.07) is 15.6. The van der Waals surface area contributed by atoms with Crippen LogP contribution in [-0.4, -0.2) is 42.6 Å². The Bertz CT molecular complexity index is 1070. The van der Waals surface area contributed by atoms with Crippen molar-refractivity contribution in [2.45, 2.75) is 37.8 Å². The number of amides is 2. The third-order valence-corrected chi connectivity index (χ3v) is 7.62. The van der Waals surface area contributed by atoms with Gasteiger partial charge in [0.05, 0.1) is 0 Å². The molecule has 1 saturated carbocycles. The molecule has 3 unspecified atom stereocenters. The van der Waals surface area contributed by atoms with Crippen LogP contribution in [0.25, 0.3) is 0 Å². The summed E-state index contributed by atoms with van der Waals surface area (Å²) in [7, 11) is 0. The minimum absolute atomic E-state index is 0.00825. The smallest absolute Gasteiger partial charge is 0.241 e. The monoisotopic (exact) mass is 448 g/mol. The number of rotatable bonds is 4. The van der Waals surface area contributed by atoms with Crippen molar-refractivity contribution >= 4 is 17.5 Å². The Morgan fingerprint density at radius 2 is 1.79 bits per heavy atom. The van der Waals surface area contributed by atoms with E-state index < -0.39 is 0 Å². The summed E-state index contributed by atoms with van der Waals surface area (Å²) in [6.07, 6.45) is 3.39. The third-order valence-electron chi connectivity index (χ3n) is 7.62. The van der Waals surface area contributed by atoms with E-state index in [1.165, 1.54) is 5.56 Å². The number of nitrogens with one attached hydrogen (secondary N) is 3. The van der Waals surface area contributed by atoms with Crippen LogP contribution in [0.3, 0.4) is 0 Å². The lowest BCUT2D eigenvalue weighted by atomic mass is 9.90. The third kappa shape index (κ3) is 3.83. The molecule has 0 aromatic heterocycles. The summed E-state index contributed by atoms with van der Waals surface area (Å²) >= 11 is 0. The maximum Gasteiger partial charge on any atom is 0.241 e. The van der Waals surface area contributed by atoms with E-state index in [0.29, 0.717) is 24.6 Å². The van der Waals surface area contributed by atoms with E-state index in [-0.39, 0.29) is 42.0 Å². The molecule has 1 spiro atoms. The molecular formula is C25H28N4O4. The van der Waals surface area contributed by atoms with Crippen LogP contribution in [0.15, 0.2) is 48.5 Å². The number of benzene rings is 2. The van der Waals surface area contributed by atoms with Gasteiger partial charge in [-0.15, -0.1) is 0 Å². The fourth-order valence-corrected chi connectivity index (χ4v) is 5.49. The molecule has 8 nitrogen and oxygen atoms in total. The molecule has 8 heteroatoms. The summed E-state index contributed by atoms with van der Waals surface area (Å²) in [5.74, 6) is 1.58. The zero-order chi connectivity index (χ0) is 22.4. The van der Waals surface area contributed by atoms with Crippen molar-refractivity contribution < 1.29 is 19.1 Å². The average molecular weight is 449 g/mol. The number of ether oxygens (including phenoxy) is 2. The highest BCUT2D eigenvalue weighted by Crippen LogP contribution is 2.59. The van der Waals surface area contributed by atoms with Gasteiger partial charge in [0.15, 0.2) is 11.5 Å². The van der Waals surface area contributed by atoms with Crippen LogP contribution < -0.4 is 25.6 Å². The minimum atomic E-state index is -0.214. The standard InChI is InChI=1S/C25H28N4O4/c30-23(26-17-6-7-21-22(12-17)33-15-32-21)18-14-25(18)8-10-29(11-9-25)24(31)20-13-19(27-28-20)16-4-2-1-3-5-16/h1-7,12,18-20,27-28H,8-11,13-15H2,(H,26,30). The Labute approximate surface area is 192 Å². The topological polar surface area (TPSA) is 91.9 Å². The highest BCUT2D eigenvalue weighted by atomic mass is 16.7. The lowest BCUT2D eigenvalue weighted by Gasteiger charge is -2.34. The Balaban J connectivity index is 1.01. The largest absolute Gasteiger partial charge is 0.454 e. The van der Waals surface area contributed by atoms with Crippen molar-refractivity contribution in [3.63, 3.8) is 0 Å². The number of piperidine rings is 1. The zero-order valence-corrected chi connectivity index (χ0v) is 18.4. The van der Waals surface area contributed by atoms with Gasteiger partial charge in [-0.2, -0.15) is 0 Å². The highest BCUT2D eigenvalue weighted by molar-refractivity contribution is 5.95. The van der Waals surface area contributed by atoms with Gasteiger partial charge in [0.25, 0.3) is 0 Å². The average Bonchev–Trinajstić information content (AvgIpc) is 3.20.